The number of phosphoric ester groups is 1. The van der Waals surface area contributed by atoms with Crippen molar-refractivity contribution in [1.29, 1.82) is 0 Å². The molecule has 0 saturated carbocycles. The van der Waals surface area contributed by atoms with Crippen molar-refractivity contribution in [3.63, 3.8) is 0 Å². The molecule has 0 unspecified atom stereocenters. The molecule has 1 aliphatic rings. The van der Waals surface area contributed by atoms with Crippen LogP contribution in [-0.4, -0.2) is 35.1 Å². The van der Waals surface area contributed by atoms with E-state index in [0.717, 1.165) is 0 Å². The summed E-state index contributed by atoms with van der Waals surface area (Å²) < 4.78 is 32.4. The first-order valence-corrected chi connectivity index (χ1v) is 12.2. The van der Waals surface area contributed by atoms with Gasteiger partial charge in [0.15, 0.2) is 11.5 Å². The van der Waals surface area contributed by atoms with E-state index < -0.39 is 7.82 Å². The number of aromatic nitrogens is 1. The van der Waals surface area contributed by atoms with Gasteiger partial charge in [0.2, 0.25) is 5.75 Å². The fraction of sp³-hybridized carbons (Fsp3) is 0.286. The molecule has 0 fully saturated rings. The quantitative estimate of drug-likeness (QED) is 0.265. The van der Waals surface area contributed by atoms with Crippen molar-refractivity contribution >= 4 is 42.4 Å². The number of hydrogen-bond acceptors (Lipinski definition) is 7. The van der Waals surface area contributed by atoms with Crippen LogP contribution in [0, 0.1) is 0 Å². The van der Waals surface area contributed by atoms with Crippen LogP contribution in [0.25, 0.3) is 5.70 Å². The van der Waals surface area contributed by atoms with Gasteiger partial charge in [-0.2, -0.15) is 0 Å². The Morgan fingerprint density at radius 2 is 1.85 bits per heavy atom. The van der Waals surface area contributed by atoms with Gasteiger partial charge in [0.05, 0.1) is 41.8 Å². The van der Waals surface area contributed by atoms with Crippen molar-refractivity contribution in [1.82, 2.24) is 4.98 Å². The van der Waals surface area contributed by atoms with Crippen LogP contribution in [0.2, 0.25) is 10.0 Å². The number of rotatable bonds is 11. The number of halogens is 2. The van der Waals surface area contributed by atoms with E-state index >= 15 is 0 Å². The molecule has 0 radical (unpaired) electrons. The third-order valence-electron chi connectivity index (χ3n) is 4.53. The number of nitrogens with one attached hydrogen (secondary N) is 1. The zero-order valence-corrected chi connectivity index (χ0v) is 20.1. The normalized spacial score (nSPS) is 13.1. The fourth-order valence-electron chi connectivity index (χ4n) is 3.06. The lowest BCUT2D eigenvalue weighted by Crippen LogP contribution is -2.11. The van der Waals surface area contributed by atoms with Gasteiger partial charge in [0.1, 0.15) is 5.76 Å². The molecule has 0 saturated heterocycles. The van der Waals surface area contributed by atoms with Crippen LogP contribution in [0.5, 0.6) is 17.2 Å². The number of fused-ring (bicyclic) bond motifs is 1. The number of methoxy groups -OCH3 is 1. The number of hydrogen-bond donors (Lipinski definition) is 3. The van der Waals surface area contributed by atoms with E-state index in [1.807, 2.05) is 6.07 Å². The van der Waals surface area contributed by atoms with Crippen LogP contribution in [-0.2, 0) is 9.09 Å². The predicted molar refractivity (Wildman–Crippen MR) is 126 cm³/mol. The van der Waals surface area contributed by atoms with Gasteiger partial charge in [-0.05, 0) is 31.4 Å². The second-order valence-corrected chi connectivity index (χ2v) is 8.99. The summed E-state index contributed by atoms with van der Waals surface area (Å²) in [6.07, 6.45) is 6.44. The topological polar surface area (TPSA) is 119 Å². The fourth-order valence-corrected chi connectivity index (χ4v) is 3.89. The average molecular weight is 517 g/mol. The highest BCUT2D eigenvalue weighted by atomic mass is 35.5. The number of nitrogens with zero attached hydrogens (tertiary/aromatic N) is 1. The minimum atomic E-state index is -4.44. The number of pyridine rings is 1. The SMILES string of the molecule is C=C1C=C(Nc2c(Cl)cncc2Cl)c2ccc(OC)c(OCCCCCOP(=O)(O)O)c2O1. The Kier molecular flexibility index (Phi) is 8.64. The summed E-state index contributed by atoms with van der Waals surface area (Å²) in [4.78, 5) is 21.4. The molecule has 33 heavy (non-hydrogen) atoms. The maximum absolute atomic E-state index is 10.7. The van der Waals surface area contributed by atoms with Gasteiger partial charge >= 0.3 is 7.82 Å². The van der Waals surface area contributed by atoms with Crippen molar-refractivity contribution in [2.24, 2.45) is 0 Å². The zero-order chi connectivity index (χ0) is 24.0. The minimum Gasteiger partial charge on any atom is -0.493 e. The molecule has 178 valence electrons. The molecular weight excluding hydrogens is 494 g/mol. The van der Waals surface area contributed by atoms with E-state index in [2.05, 4.69) is 21.4 Å². The van der Waals surface area contributed by atoms with E-state index in [-0.39, 0.29) is 6.61 Å². The Morgan fingerprint density at radius 3 is 2.52 bits per heavy atom. The highest BCUT2D eigenvalue weighted by Gasteiger charge is 2.25. The molecule has 1 aromatic carbocycles. The van der Waals surface area contributed by atoms with E-state index in [1.54, 1.807) is 12.1 Å². The van der Waals surface area contributed by atoms with E-state index in [1.165, 1.54) is 19.5 Å². The molecule has 9 nitrogen and oxygen atoms in total. The number of benzene rings is 1. The molecule has 0 aliphatic carbocycles. The minimum absolute atomic E-state index is 0.0305. The number of unbranched alkanes of at least 4 members (excludes halogenated alkanes) is 2. The number of phosphoric acid groups is 1. The van der Waals surface area contributed by atoms with Crippen LogP contribution in [0.4, 0.5) is 5.69 Å². The van der Waals surface area contributed by atoms with Crippen molar-refractivity contribution < 1.29 is 33.1 Å². The van der Waals surface area contributed by atoms with Gasteiger partial charge in [-0.15, -0.1) is 0 Å². The Balaban J connectivity index is 1.74. The lowest BCUT2D eigenvalue weighted by Gasteiger charge is -2.25. The molecule has 0 amide bonds. The van der Waals surface area contributed by atoms with Crippen molar-refractivity contribution in [3.05, 3.63) is 58.5 Å². The maximum atomic E-state index is 10.7. The van der Waals surface area contributed by atoms with Gasteiger partial charge in [0.25, 0.3) is 0 Å². The van der Waals surface area contributed by atoms with Crippen LogP contribution >= 0.6 is 31.0 Å². The Labute approximate surface area is 201 Å². The van der Waals surface area contributed by atoms with Crippen LogP contribution in [0.1, 0.15) is 24.8 Å². The van der Waals surface area contributed by atoms with E-state index in [9.17, 15) is 4.57 Å². The van der Waals surface area contributed by atoms with Crippen LogP contribution in [0.3, 0.4) is 0 Å². The monoisotopic (exact) mass is 516 g/mol. The van der Waals surface area contributed by atoms with Crippen molar-refractivity contribution in [2.45, 2.75) is 19.3 Å². The molecule has 3 rings (SSSR count). The van der Waals surface area contributed by atoms with E-state index in [4.69, 9.17) is 47.2 Å². The number of ether oxygens (including phenoxy) is 3. The summed E-state index contributed by atoms with van der Waals surface area (Å²) in [5, 5.41) is 3.93. The van der Waals surface area contributed by atoms with E-state index in [0.29, 0.717) is 75.9 Å². The maximum Gasteiger partial charge on any atom is 0.469 e. The molecule has 12 heteroatoms. The lowest BCUT2D eigenvalue weighted by molar-refractivity contribution is 0.191. The smallest absolute Gasteiger partial charge is 0.469 e. The molecule has 0 bridgehead atoms. The van der Waals surface area contributed by atoms with Crippen LogP contribution in [0.15, 0.2) is 42.9 Å². The molecular formula is C21H23Cl2N2O7P. The highest BCUT2D eigenvalue weighted by molar-refractivity contribution is 7.46. The molecule has 0 spiro atoms. The summed E-state index contributed by atoms with van der Waals surface area (Å²) >= 11 is 12.5. The predicted octanol–water partition coefficient (Wildman–Crippen LogP) is 5.41. The second kappa shape index (κ2) is 11.2. The zero-order valence-electron chi connectivity index (χ0n) is 17.7. The lowest BCUT2D eigenvalue weighted by atomic mass is 10.1. The van der Waals surface area contributed by atoms with Gasteiger partial charge in [0, 0.05) is 24.0 Å². The second-order valence-electron chi connectivity index (χ2n) is 6.94. The third kappa shape index (κ3) is 6.86. The van der Waals surface area contributed by atoms with Crippen LogP contribution < -0.4 is 19.5 Å². The molecule has 3 N–H and O–H groups in total. The van der Waals surface area contributed by atoms with Crippen molar-refractivity contribution in [3.8, 4) is 17.2 Å². The summed E-state index contributed by atoms with van der Waals surface area (Å²) in [7, 11) is -2.92. The third-order valence-corrected chi connectivity index (χ3v) is 5.62. The Morgan fingerprint density at radius 1 is 1.15 bits per heavy atom. The van der Waals surface area contributed by atoms with Gasteiger partial charge < -0.3 is 29.3 Å². The Bertz CT molecular complexity index is 1080. The molecule has 0 atom stereocenters. The summed E-state index contributed by atoms with van der Waals surface area (Å²) in [6, 6.07) is 3.57. The average Bonchev–Trinajstić information content (AvgIpc) is 2.74. The van der Waals surface area contributed by atoms with Gasteiger partial charge in [-0.25, -0.2) is 4.57 Å². The number of anilines is 1. The van der Waals surface area contributed by atoms with Crippen molar-refractivity contribution in [2.75, 3.05) is 25.6 Å². The molecule has 2 heterocycles. The highest BCUT2D eigenvalue weighted by Crippen LogP contribution is 2.47. The summed E-state index contributed by atoms with van der Waals surface area (Å²) in [5.41, 5.74) is 1.84. The standard InChI is InChI=1S/C21H23Cl2N2O7P/c1-13-10-17(25-19-15(22)11-24-12-16(19)23)14-6-7-18(29-2)21(20(14)32-13)30-8-4-3-5-9-31-33(26,27)28/h6-7,10-12H,1,3-5,8-9H2,2H3,(H,24,25)(H2,26,27,28). The summed E-state index contributed by atoms with van der Waals surface area (Å²) in [6.45, 7) is 4.20. The van der Waals surface area contributed by atoms with Gasteiger partial charge in [-0.1, -0.05) is 29.8 Å². The molecule has 2 aromatic rings. The first kappa shape index (κ1) is 25.4. The number of allylic oxidation sites excluding steroid dienone is 1. The largest absolute Gasteiger partial charge is 0.493 e. The van der Waals surface area contributed by atoms with Gasteiger partial charge in [-0.3, -0.25) is 9.51 Å². The first-order valence-electron chi connectivity index (χ1n) is 9.88. The first-order chi connectivity index (χ1) is 15.7. The molecule has 1 aliphatic heterocycles. The summed E-state index contributed by atoms with van der Waals surface area (Å²) in [5.74, 6) is 1.68. The molecule has 1 aromatic heterocycles. The Hall–Kier alpha value is -2.26.